The van der Waals surface area contributed by atoms with Gasteiger partial charge in [0.2, 0.25) is 5.13 Å². The molecular weight excluding hydrogens is 384 g/mol. The highest BCUT2D eigenvalue weighted by Gasteiger charge is 2.15. The maximum atomic E-state index is 5.15. The van der Waals surface area contributed by atoms with Crippen LogP contribution in [-0.2, 0) is 0 Å². The van der Waals surface area contributed by atoms with Crippen molar-refractivity contribution >= 4 is 22.7 Å². The fraction of sp³-hybridized carbons (Fsp3) is 0.143. The van der Waals surface area contributed by atoms with Crippen LogP contribution in [0.5, 0.6) is 5.75 Å². The summed E-state index contributed by atoms with van der Waals surface area (Å²) >= 11 is 1.47. The monoisotopic (exact) mass is 404 g/mol. The van der Waals surface area contributed by atoms with E-state index in [9.17, 15) is 0 Å². The summed E-state index contributed by atoms with van der Waals surface area (Å²) in [6, 6.07) is 15.8. The number of ether oxygens (including phenoxy) is 1. The SMILES string of the molecule is COc1ccc(/C=N/Nc2nc(-c3nnn(-c4ccc(C)cc4)c3C)cs2)cc1. The fourth-order valence-corrected chi connectivity index (χ4v) is 3.43. The van der Waals surface area contributed by atoms with Crippen molar-refractivity contribution in [2.45, 2.75) is 13.8 Å². The van der Waals surface area contributed by atoms with Gasteiger partial charge in [0.25, 0.3) is 0 Å². The Morgan fingerprint density at radius 3 is 2.55 bits per heavy atom. The molecule has 4 aromatic rings. The Bertz CT molecular complexity index is 1130. The van der Waals surface area contributed by atoms with Gasteiger partial charge in [0, 0.05) is 5.38 Å². The number of nitrogens with one attached hydrogen (secondary N) is 1. The molecular formula is C21H20N6OS. The van der Waals surface area contributed by atoms with Gasteiger partial charge in [-0.15, -0.1) is 16.4 Å². The van der Waals surface area contributed by atoms with E-state index in [2.05, 4.69) is 44.9 Å². The minimum Gasteiger partial charge on any atom is -0.497 e. The quantitative estimate of drug-likeness (QED) is 0.379. The third-order valence-electron chi connectivity index (χ3n) is 4.41. The number of hydrogen-bond donors (Lipinski definition) is 1. The van der Waals surface area contributed by atoms with Crippen LogP contribution in [0.15, 0.2) is 59.0 Å². The van der Waals surface area contributed by atoms with Crippen molar-refractivity contribution in [3.05, 3.63) is 70.7 Å². The Morgan fingerprint density at radius 2 is 1.83 bits per heavy atom. The Morgan fingerprint density at radius 1 is 1.07 bits per heavy atom. The molecule has 0 spiro atoms. The van der Waals surface area contributed by atoms with Crippen molar-refractivity contribution < 1.29 is 4.74 Å². The number of anilines is 1. The molecule has 0 bridgehead atoms. The Hall–Kier alpha value is -3.52. The van der Waals surface area contributed by atoms with Crippen LogP contribution in [0.25, 0.3) is 17.1 Å². The number of thiazole rings is 1. The first kappa shape index (κ1) is 18.8. The van der Waals surface area contributed by atoms with E-state index in [1.807, 2.05) is 53.4 Å². The molecule has 4 rings (SSSR count). The maximum absolute atomic E-state index is 5.15. The summed E-state index contributed by atoms with van der Waals surface area (Å²) in [6.45, 7) is 4.05. The number of hydrazone groups is 1. The minimum absolute atomic E-state index is 0.689. The number of hydrogen-bond acceptors (Lipinski definition) is 7. The zero-order valence-corrected chi connectivity index (χ0v) is 17.1. The summed E-state index contributed by atoms with van der Waals surface area (Å²) in [7, 11) is 1.64. The van der Waals surface area contributed by atoms with Gasteiger partial charge in [-0.3, -0.25) is 5.43 Å². The molecule has 2 aromatic carbocycles. The van der Waals surface area contributed by atoms with Gasteiger partial charge in [-0.05, 0) is 55.8 Å². The summed E-state index contributed by atoms with van der Waals surface area (Å²) in [5.74, 6) is 0.814. The number of aryl methyl sites for hydroxylation is 1. The van der Waals surface area contributed by atoms with Crippen LogP contribution >= 0.6 is 11.3 Å². The Labute approximate surface area is 172 Å². The van der Waals surface area contributed by atoms with Gasteiger partial charge in [-0.2, -0.15) is 5.10 Å². The molecule has 0 aliphatic heterocycles. The molecule has 29 heavy (non-hydrogen) atoms. The van der Waals surface area contributed by atoms with Crippen molar-refractivity contribution in [3.63, 3.8) is 0 Å². The van der Waals surface area contributed by atoms with Crippen LogP contribution in [0.4, 0.5) is 5.13 Å². The number of aromatic nitrogens is 4. The number of methoxy groups -OCH3 is 1. The van der Waals surface area contributed by atoms with E-state index >= 15 is 0 Å². The van der Waals surface area contributed by atoms with Gasteiger partial charge < -0.3 is 4.74 Å². The zero-order chi connectivity index (χ0) is 20.2. The highest BCUT2D eigenvalue weighted by molar-refractivity contribution is 7.14. The topological polar surface area (TPSA) is 77.2 Å². The average molecular weight is 404 g/mol. The summed E-state index contributed by atoms with van der Waals surface area (Å²) in [5.41, 5.74) is 8.58. The summed E-state index contributed by atoms with van der Waals surface area (Å²) in [4.78, 5) is 4.58. The van der Waals surface area contributed by atoms with Crippen LogP contribution in [0.1, 0.15) is 16.8 Å². The van der Waals surface area contributed by atoms with Gasteiger partial charge in [-0.25, -0.2) is 9.67 Å². The first-order valence-electron chi connectivity index (χ1n) is 9.02. The highest BCUT2D eigenvalue weighted by atomic mass is 32.1. The van der Waals surface area contributed by atoms with Crippen molar-refractivity contribution in [1.29, 1.82) is 0 Å². The van der Waals surface area contributed by atoms with Crippen molar-refractivity contribution in [2.24, 2.45) is 5.10 Å². The summed E-state index contributed by atoms with van der Waals surface area (Å²) in [6.07, 6.45) is 1.74. The van der Waals surface area contributed by atoms with Gasteiger partial charge >= 0.3 is 0 Å². The van der Waals surface area contributed by atoms with Gasteiger partial charge in [0.1, 0.15) is 17.1 Å². The molecule has 0 atom stereocenters. The molecule has 0 fully saturated rings. The lowest BCUT2D eigenvalue weighted by molar-refractivity contribution is 0.415. The van der Waals surface area contributed by atoms with Gasteiger partial charge in [0.05, 0.1) is 24.7 Å². The van der Waals surface area contributed by atoms with Crippen LogP contribution < -0.4 is 10.2 Å². The molecule has 0 unspecified atom stereocenters. The number of benzene rings is 2. The number of rotatable bonds is 6. The lowest BCUT2D eigenvalue weighted by atomic mass is 10.2. The molecule has 0 radical (unpaired) electrons. The molecule has 0 saturated carbocycles. The van der Waals surface area contributed by atoms with Crippen molar-refractivity contribution in [3.8, 4) is 22.8 Å². The van der Waals surface area contributed by atoms with E-state index in [1.54, 1.807) is 13.3 Å². The minimum atomic E-state index is 0.689. The molecule has 0 aliphatic rings. The van der Waals surface area contributed by atoms with Crippen LogP contribution in [0, 0.1) is 13.8 Å². The van der Waals surface area contributed by atoms with E-state index in [4.69, 9.17) is 4.74 Å². The van der Waals surface area contributed by atoms with E-state index in [-0.39, 0.29) is 0 Å². The van der Waals surface area contributed by atoms with Crippen LogP contribution in [0.2, 0.25) is 0 Å². The molecule has 146 valence electrons. The van der Waals surface area contributed by atoms with Crippen molar-refractivity contribution in [1.82, 2.24) is 20.0 Å². The standard InChI is InChI=1S/C21H20N6OS/c1-14-4-8-17(9-5-14)27-15(2)20(24-26-27)19-13-29-21(23-19)25-22-12-16-6-10-18(28-3)11-7-16/h4-13H,1-3H3,(H,23,25)/b22-12+. The van der Waals surface area contributed by atoms with E-state index in [1.165, 1.54) is 16.9 Å². The molecule has 1 N–H and O–H groups in total. The predicted octanol–water partition coefficient (Wildman–Crippen LogP) is 4.46. The summed E-state index contributed by atoms with van der Waals surface area (Å²) < 4.78 is 6.97. The first-order chi connectivity index (χ1) is 14.1. The normalized spacial score (nSPS) is 11.1. The maximum Gasteiger partial charge on any atom is 0.203 e. The zero-order valence-electron chi connectivity index (χ0n) is 16.3. The first-order valence-corrected chi connectivity index (χ1v) is 9.90. The third kappa shape index (κ3) is 4.17. The second kappa shape index (κ2) is 8.24. The highest BCUT2D eigenvalue weighted by Crippen LogP contribution is 2.26. The molecule has 2 heterocycles. The second-order valence-electron chi connectivity index (χ2n) is 6.45. The van der Waals surface area contributed by atoms with E-state index in [0.717, 1.165) is 34.1 Å². The van der Waals surface area contributed by atoms with Gasteiger partial charge in [-0.1, -0.05) is 22.9 Å². The predicted molar refractivity (Wildman–Crippen MR) is 116 cm³/mol. The number of nitrogens with zero attached hydrogens (tertiary/aromatic N) is 5. The molecule has 7 nitrogen and oxygen atoms in total. The molecule has 8 heteroatoms. The second-order valence-corrected chi connectivity index (χ2v) is 7.31. The fourth-order valence-electron chi connectivity index (χ4n) is 2.78. The third-order valence-corrected chi connectivity index (χ3v) is 5.16. The Kier molecular flexibility index (Phi) is 5.35. The van der Waals surface area contributed by atoms with E-state index in [0.29, 0.717) is 5.13 Å². The largest absolute Gasteiger partial charge is 0.497 e. The molecule has 0 saturated heterocycles. The Balaban J connectivity index is 1.47. The van der Waals surface area contributed by atoms with E-state index < -0.39 is 0 Å². The summed E-state index contributed by atoms with van der Waals surface area (Å²) in [5, 5.41) is 15.5. The molecule has 2 aromatic heterocycles. The van der Waals surface area contributed by atoms with Crippen LogP contribution in [0.3, 0.4) is 0 Å². The lowest BCUT2D eigenvalue weighted by Crippen LogP contribution is -1.99. The smallest absolute Gasteiger partial charge is 0.203 e. The van der Waals surface area contributed by atoms with Crippen molar-refractivity contribution in [2.75, 3.05) is 12.5 Å². The lowest BCUT2D eigenvalue weighted by Gasteiger charge is -2.03. The molecule has 0 amide bonds. The average Bonchev–Trinajstić information content (AvgIpc) is 3.36. The van der Waals surface area contributed by atoms with Crippen LogP contribution in [-0.4, -0.2) is 33.3 Å². The molecule has 0 aliphatic carbocycles. The van der Waals surface area contributed by atoms with Gasteiger partial charge in [0.15, 0.2) is 0 Å².